The van der Waals surface area contributed by atoms with Gasteiger partial charge in [0.05, 0.1) is 16.7 Å². The van der Waals surface area contributed by atoms with Gasteiger partial charge in [0.1, 0.15) is 6.04 Å². The van der Waals surface area contributed by atoms with Gasteiger partial charge in [-0.05, 0) is 27.2 Å². The number of aromatic nitrogens is 1. The smallest absolute Gasteiger partial charge is 0.329 e. The minimum atomic E-state index is -0.906. The second-order valence-corrected chi connectivity index (χ2v) is 4.60. The number of ether oxygens (including phenoxy) is 1. The van der Waals surface area contributed by atoms with Crippen LogP contribution >= 0.6 is 0 Å². The Balaban J connectivity index is 3.19. The number of carbonyl (C=O) groups excluding carboxylic acids is 1. The number of carbonyl (C=O) groups is 1. The predicted octanol–water partition coefficient (Wildman–Crippen LogP) is 1.97. The van der Waals surface area contributed by atoms with Crippen LogP contribution < -0.4 is 5.56 Å². The molecule has 0 radical (unpaired) electrons. The molecule has 1 heterocycles. The van der Waals surface area contributed by atoms with E-state index in [-0.39, 0.29) is 17.5 Å². The molecule has 20 heavy (non-hydrogen) atoms. The van der Waals surface area contributed by atoms with Gasteiger partial charge in [-0.1, -0.05) is 6.92 Å². The molecule has 0 bridgehead atoms. The zero-order valence-electron chi connectivity index (χ0n) is 12.0. The quantitative estimate of drug-likeness (QED) is 0.467. The molecule has 0 N–H and O–H groups in total. The highest BCUT2D eigenvalue weighted by Gasteiger charge is 2.24. The fourth-order valence-corrected chi connectivity index (χ4v) is 1.80. The van der Waals surface area contributed by atoms with Gasteiger partial charge in [0.2, 0.25) is 0 Å². The number of rotatable bonds is 5. The van der Waals surface area contributed by atoms with Crippen molar-refractivity contribution in [3.05, 3.63) is 38.3 Å². The molecular weight excluding hydrogens is 264 g/mol. The third kappa shape index (κ3) is 3.23. The number of esters is 1. The summed E-state index contributed by atoms with van der Waals surface area (Å²) in [5, 5.41) is 10.9. The van der Waals surface area contributed by atoms with Crippen molar-refractivity contribution in [1.29, 1.82) is 0 Å². The van der Waals surface area contributed by atoms with Crippen molar-refractivity contribution < 1.29 is 14.5 Å². The molecule has 2 unspecified atom stereocenters. The highest BCUT2D eigenvalue weighted by atomic mass is 16.6. The molecule has 0 aromatic carbocycles. The molecule has 2 atom stereocenters. The first-order valence-electron chi connectivity index (χ1n) is 6.36. The van der Waals surface area contributed by atoms with Crippen LogP contribution in [0.1, 0.15) is 38.9 Å². The highest BCUT2D eigenvalue weighted by Crippen LogP contribution is 2.19. The first kappa shape index (κ1) is 15.9. The van der Waals surface area contributed by atoms with Crippen LogP contribution in [0.4, 0.5) is 5.69 Å². The number of pyridine rings is 1. The van der Waals surface area contributed by atoms with Crippen molar-refractivity contribution in [3.8, 4) is 0 Å². The molecule has 1 aromatic rings. The monoisotopic (exact) mass is 282 g/mol. The molecule has 7 heteroatoms. The molecule has 0 aliphatic rings. The second kappa shape index (κ2) is 6.31. The average molecular weight is 282 g/mol. The van der Waals surface area contributed by atoms with E-state index in [9.17, 15) is 19.7 Å². The van der Waals surface area contributed by atoms with Crippen molar-refractivity contribution in [3.63, 3.8) is 0 Å². The summed E-state index contributed by atoms with van der Waals surface area (Å²) in [5.74, 6) is -0.579. The van der Waals surface area contributed by atoms with Crippen molar-refractivity contribution in [1.82, 2.24) is 4.57 Å². The minimum Gasteiger partial charge on any atom is -0.461 e. The fraction of sp³-hybridized carbons (Fsp3) is 0.538. The van der Waals surface area contributed by atoms with E-state index in [1.807, 2.05) is 6.92 Å². The number of nitro groups is 1. The van der Waals surface area contributed by atoms with Crippen LogP contribution in [-0.2, 0) is 9.53 Å². The third-order valence-corrected chi connectivity index (χ3v) is 3.17. The zero-order chi connectivity index (χ0) is 15.4. The lowest BCUT2D eigenvalue weighted by Gasteiger charge is -2.19. The van der Waals surface area contributed by atoms with Crippen LogP contribution in [0, 0.1) is 17.0 Å². The first-order valence-corrected chi connectivity index (χ1v) is 6.36. The van der Waals surface area contributed by atoms with Gasteiger partial charge in [-0.25, -0.2) is 4.79 Å². The van der Waals surface area contributed by atoms with Crippen molar-refractivity contribution in [2.24, 2.45) is 0 Å². The Labute approximate surface area is 116 Å². The molecule has 0 fully saturated rings. The van der Waals surface area contributed by atoms with Crippen LogP contribution in [0.5, 0.6) is 0 Å². The normalized spacial score (nSPS) is 13.6. The van der Waals surface area contributed by atoms with Gasteiger partial charge in [0.25, 0.3) is 11.2 Å². The van der Waals surface area contributed by atoms with Gasteiger partial charge in [-0.2, -0.15) is 0 Å². The summed E-state index contributed by atoms with van der Waals surface area (Å²) in [4.78, 5) is 34.1. The SMILES string of the molecule is CCC(C)OC(=O)C(C)n1c(C)c([N+](=O)[O-])ccc1=O. The topological polar surface area (TPSA) is 91.4 Å². The Morgan fingerprint density at radius 3 is 2.55 bits per heavy atom. The maximum Gasteiger partial charge on any atom is 0.329 e. The summed E-state index contributed by atoms with van der Waals surface area (Å²) in [6.07, 6.45) is 0.390. The summed E-state index contributed by atoms with van der Waals surface area (Å²) in [6.45, 7) is 6.54. The Morgan fingerprint density at radius 1 is 1.45 bits per heavy atom. The summed E-state index contributed by atoms with van der Waals surface area (Å²) in [7, 11) is 0. The number of hydrogen-bond donors (Lipinski definition) is 0. The lowest BCUT2D eigenvalue weighted by Crippen LogP contribution is -2.32. The lowest BCUT2D eigenvalue weighted by molar-refractivity contribution is -0.386. The number of nitrogens with zero attached hydrogens (tertiary/aromatic N) is 2. The highest BCUT2D eigenvalue weighted by molar-refractivity contribution is 5.74. The maximum atomic E-state index is 11.9. The molecular formula is C13H18N2O5. The Hall–Kier alpha value is -2.18. The van der Waals surface area contributed by atoms with Crippen LogP contribution in [0.25, 0.3) is 0 Å². The zero-order valence-corrected chi connectivity index (χ0v) is 12.0. The predicted molar refractivity (Wildman–Crippen MR) is 72.6 cm³/mol. The summed E-state index contributed by atoms with van der Waals surface area (Å²) >= 11 is 0. The molecule has 0 spiro atoms. The molecule has 0 saturated heterocycles. The van der Waals surface area contributed by atoms with Gasteiger partial charge in [-0.3, -0.25) is 19.5 Å². The molecule has 7 nitrogen and oxygen atoms in total. The largest absolute Gasteiger partial charge is 0.461 e. The van der Waals surface area contributed by atoms with E-state index in [0.29, 0.717) is 6.42 Å². The molecule has 0 amide bonds. The van der Waals surface area contributed by atoms with Crippen LogP contribution in [0.15, 0.2) is 16.9 Å². The van der Waals surface area contributed by atoms with Crippen LogP contribution in [0.2, 0.25) is 0 Å². The third-order valence-electron chi connectivity index (χ3n) is 3.17. The molecule has 0 aliphatic carbocycles. The second-order valence-electron chi connectivity index (χ2n) is 4.60. The van der Waals surface area contributed by atoms with Gasteiger partial charge >= 0.3 is 5.97 Å². The average Bonchev–Trinajstić information content (AvgIpc) is 2.37. The van der Waals surface area contributed by atoms with Crippen molar-refractivity contribution in [2.75, 3.05) is 0 Å². The summed E-state index contributed by atoms with van der Waals surface area (Å²) < 4.78 is 6.24. The summed E-state index contributed by atoms with van der Waals surface area (Å²) in [5.41, 5.74) is -0.536. The minimum absolute atomic E-state index is 0.135. The van der Waals surface area contributed by atoms with E-state index in [1.165, 1.54) is 13.8 Å². The maximum absolute atomic E-state index is 11.9. The van der Waals surface area contributed by atoms with E-state index < -0.39 is 22.5 Å². The van der Waals surface area contributed by atoms with Gasteiger partial charge in [0.15, 0.2) is 0 Å². The molecule has 1 rings (SSSR count). The molecule has 1 aromatic heterocycles. The standard InChI is InChI=1S/C13H18N2O5/c1-5-8(2)20-13(17)10(4)14-9(3)11(15(18)19)6-7-12(14)16/h6-8,10H,5H2,1-4H3. The fourth-order valence-electron chi connectivity index (χ4n) is 1.80. The Kier molecular flexibility index (Phi) is 5.01. The molecule has 110 valence electrons. The Bertz CT molecular complexity index is 579. The molecule has 0 aliphatic heterocycles. The number of hydrogen-bond acceptors (Lipinski definition) is 5. The van der Waals surface area contributed by atoms with Gasteiger partial charge < -0.3 is 4.74 Å². The summed E-state index contributed by atoms with van der Waals surface area (Å²) in [6, 6.07) is 1.32. The van der Waals surface area contributed by atoms with E-state index >= 15 is 0 Å². The van der Waals surface area contributed by atoms with Crippen LogP contribution in [-0.4, -0.2) is 21.6 Å². The van der Waals surface area contributed by atoms with E-state index in [1.54, 1.807) is 6.92 Å². The van der Waals surface area contributed by atoms with Crippen molar-refractivity contribution in [2.45, 2.75) is 46.3 Å². The lowest BCUT2D eigenvalue weighted by atomic mass is 10.2. The van der Waals surface area contributed by atoms with Gasteiger partial charge in [-0.15, -0.1) is 0 Å². The Morgan fingerprint density at radius 2 is 2.05 bits per heavy atom. The van der Waals surface area contributed by atoms with E-state index in [4.69, 9.17) is 4.74 Å². The van der Waals surface area contributed by atoms with Crippen LogP contribution in [0.3, 0.4) is 0 Å². The van der Waals surface area contributed by atoms with Gasteiger partial charge in [0, 0.05) is 12.1 Å². The molecule has 0 saturated carbocycles. The van der Waals surface area contributed by atoms with Crippen molar-refractivity contribution >= 4 is 11.7 Å². The first-order chi connectivity index (χ1) is 9.29. The van der Waals surface area contributed by atoms with E-state index in [2.05, 4.69) is 0 Å². The van der Waals surface area contributed by atoms with E-state index in [0.717, 1.165) is 16.7 Å².